The second-order valence-corrected chi connectivity index (χ2v) is 3.97. The molecule has 0 saturated carbocycles. The van der Waals surface area contributed by atoms with Crippen LogP contribution in [0.2, 0.25) is 0 Å². The average molecular weight is 262 g/mol. The molecule has 0 bridgehead atoms. The number of H-pyrrole nitrogens is 1. The molecule has 1 heterocycles. The Morgan fingerprint density at radius 1 is 1.37 bits per heavy atom. The van der Waals surface area contributed by atoms with Crippen LogP contribution in [0.15, 0.2) is 33.9 Å². The SMILES string of the molecule is CCOc1cccc(-n2c(O)c(C)c(=O)[nH]c2=O)c1. The molecule has 2 N–H and O–H groups in total. The quantitative estimate of drug-likeness (QED) is 0.862. The Labute approximate surface area is 108 Å². The first-order valence-corrected chi connectivity index (χ1v) is 5.82. The maximum absolute atomic E-state index is 11.8. The highest BCUT2D eigenvalue weighted by Crippen LogP contribution is 2.20. The normalized spacial score (nSPS) is 10.4. The van der Waals surface area contributed by atoms with Crippen LogP contribution in [-0.2, 0) is 0 Å². The molecule has 6 heteroatoms. The van der Waals surface area contributed by atoms with Gasteiger partial charge in [-0.2, -0.15) is 0 Å². The zero-order valence-corrected chi connectivity index (χ0v) is 10.6. The third-order valence-corrected chi connectivity index (χ3v) is 2.70. The Bertz CT molecular complexity index is 715. The van der Waals surface area contributed by atoms with E-state index in [1.54, 1.807) is 24.3 Å². The van der Waals surface area contributed by atoms with E-state index < -0.39 is 11.2 Å². The van der Waals surface area contributed by atoms with Crippen molar-refractivity contribution in [1.82, 2.24) is 9.55 Å². The Balaban J connectivity index is 2.66. The van der Waals surface area contributed by atoms with E-state index in [4.69, 9.17) is 4.74 Å². The monoisotopic (exact) mass is 262 g/mol. The van der Waals surface area contributed by atoms with Gasteiger partial charge in [0, 0.05) is 6.07 Å². The number of nitrogens with one attached hydrogen (secondary N) is 1. The first-order valence-electron chi connectivity index (χ1n) is 5.82. The van der Waals surface area contributed by atoms with Crippen LogP contribution in [0.5, 0.6) is 11.6 Å². The van der Waals surface area contributed by atoms with Gasteiger partial charge in [0.15, 0.2) is 0 Å². The Morgan fingerprint density at radius 2 is 2.11 bits per heavy atom. The molecule has 0 spiro atoms. The van der Waals surface area contributed by atoms with Crippen molar-refractivity contribution in [2.75, 3.05) is 6.61 Å². The fourth-order valence-corrected chi connectivity index (χ4v) is 1.73. The van der Waals surface area contributed by atoms with Gasteiger partial charge in [0.25, 0.3) is 5.56 Å². The summed E-state index contributed by atoms with van der Waals surface area (Å²) < 4.78 is 6.36. The molecule has 6 nitrogen and oxygen atoms in total. The second kappa shape index (κ2) is 5.01. The van der Waals surface area contributed by atoms with Gasteiger partial charge in [-0.05, 0) is 26.0 Å². The van der Waals surface area contributed by atoms with E-state index in [1.807, 2.05) is 6.92 Å². The molecule has 0 unspecified atom stereocenters. The molecule has 0 atom stereocenters. The zero-order valence-electron chi connectivity index (χ0n) is 10.6. The predicted molar refractivity (Wildman–Crippen MR) is 70.2 cm³/mol. The van der Waals surface area contributed by atoms with Gasteiger partial charge in [0.05, 0.1) is 17.9 Å². The van der Waals surface area contributed by atoms with Crippen molar-refractivity contribution in [3.05, 3.63) is 50.7 Å². The van der Waals surface area contributed by atoms with E-state index in [0.717, 1.165) is 4.57 Å². The summed E-state index contributed by atoms with van der Waals surface area (Å²) in [4.78, 5) is 25.3. The number of hydrogen-bond donors (Lipinski definition) is 2. The van der Waals surface area contributed by atoms with Gasteiger partial charge in [-0.25, -0.2) is 9.36 Å². The Hall–Kier alpha value is -2.50. The second-order valence-electron chi connectivity index (χ2n) is 3.97. The number of ether oxygens (including phenoxy) is 1. The number of nitrogens with zero attached hydrogens (tertiary/aromatic N) is 1. The molecule has 100 valence electrons. The molecule has 0 saturated heterocycles. The lowest BCUT2D eigenvalue weighted by molar-refractivity contribution is 0.340. The smallest absolute Gasteiger partial charge is 0.335 e. The minimum absolute atomic E-state index is 0.0846. The minimum Gasteiger partial charge on any atom is -0.494 e. The van der Waals surface area contributed by atoms with E-state index in [9.17, 15) is 14.7 Å². The van der Waals surface area contributed by atoms with Crippen molar-refractivity contribution < 1.29 is 9.84 Å². The van der Waals surface area contributed by atoms with Gasteiger partial charge in [-0.1, -0.05) is 6.07 Å². The maximum atomic E-state index is 11.8. The summed E-state index contributed by atoms with van der Waals surface area (Å²) in [5.74, 6) is 0.206. The largest absolute Gasteiger partial charge is 0.494 e. The van der Waals surface area contributed by atoms with Crippen LogP contribution < -0.4 is 16.0 Å². The molecule has 19 heavy (non-hydrogen) atoms. The van der Waals surface area contributed by atoms with Gasteiger partial charge in [0.2, 0.25) is 5.88 Å². The minimum atomic E-state index is -0.693. The molecule has 1 aromatic carbocycles. The lowest BCUT2D eigenvalue weighted by Crippen LogP contribution is -2.30. The Morgan fingerprint density at radius 3 is 2.79 bits per heavy atom. The predicted octanol–water partition coefficient (Wildman–Crippen LogP) is 0.939. The number of benzene rings is 1. The van der Waals surface area contributed by atoms with Crippen molar-refractivity contribution >= 4 is 0 Å². The van der Waals surface area contributed by atoms with Crippen LogP contribution in [0.25, 0.3) is 5.69 Å². The van der Waals surface area contributed by atoms with Crippen LogP contribution >= 0.6 is 0 Å². The summed E-state index contributed by atoms with van der Waals surface area (Å²) in [6.07, 6.45) is 0. The molecule has 0 aliphatic rings. The zero-order chi connectivity index (χ0) is 14.0. The van der Waals surface area contributed by atoms with E-state index in [1.165, 1.54) is 6.92 Å². The molecule has 0 fully saturated rings. The van der Waals surface area contributed by atoms with E-state index in [2.05, 4.69) is 4.98 Å². The maximum Gasteiger partial charge on any atom is 0.335 e. The summed E-state index contributed by atoms with van der Waals surface area (Å²) in [7, 11) is 0. The van der Waals surface area contributed by atoms with Crippen molar-refractivity contribution in [1.29, 1.82) is 0 Å². The molecule has 0 aliphatic heterocycles. The molecular formula is C13H14N2O4. The van der Waals surface area contributed by atoms with Crippen molar-refractivity contribution in [2.45, 2.75) is 13.8 Å². The third-order valence-electron chi connectivity index (χ3n) is 2.70. The van der Waals surface area contributed by atoms with E-state index >= 15 is 0 Å². The number of hydrogen-bond acceptors (Lipinski definition) is 4. The first-order chi connectivity index (χ1) is 9.04. The summed E-state index contributed by atoms with van der Waals surface area (Å²) in [6.45, 7) is 3.78. The van der Waals surface area contributed by atoms with E-state index in [0.29, 0.717) is 18.0 Å². The summed E-state index contributed by atoms with van der Waals surface area (Å²) in [6, 6.07) is 6.70. The van der Waals surface area contributed by atoms with Crippen LogP contribution in [0.4, 0.5) is 0 Å². The molecule has 0 aliphatic carbocycles. The summed E-state index contributed by atoms with van der Waals surface area (Å²) >= 11 is 0. The molecule has 0 radical (unpaired) electrons. The standard InChI is InChI=1S/C13H14N2O4/c1-3-19-10-6-4-5-9(7-10)15-12(17)8(2)11(16)14-13(15)18/h4-7,17H,3H2,1-2H3,(H,14,16,18). The number of rotatable bonds is 3. The highest BCUT2D eigenvalue weighted by molar-refractivity contribution is 5.42. The lowest BCUT2D eigenvalue weighted by atomic mass is 10.2. The molecular weight excluding hydrogens is 248 g/mol. The third kappa shape index (κ3) is 2.37. The fraction of sp³-hybridized carbons (Fsp3) is 0.231. The number of aromatic hydroxyl groups is 1. The summed E-state index contributed by atoms with van der Waals surface area (Å²) in [5, 5.41) is 9.94. The highest BCUT2D eigenvalue weighted by Gasteiger charge is 2.12. The van der Waals surface area contributed by atoms with Gasteiger partial charge >= 0.3 is 5.69 Å². The van der Waals surface area contributed by atoms with Crippen LogP contribution in [0.3, 0.4) is 0 Å². The van der Waals surface area contributed by atoms with Crippen LogP contribution in [0, 0.1) is 6.92 Å². The van der Waals surface area contributed by atoms with Gasteiger partial charge in [-0.3, -0.25) is 9.78 Å². The van der Waals surface area contributed by atoms with Gasteiger partial charge < -0.3 is 9.84 Å². The average Bonchev–Trinajstić information content (AvgIpc) is 2.37. The van der Waals surface area contributed by atoms with Crippen molar-refractivity contribution in [2.24, 2.45) is 0 Å². The Kier molecular flexibility index (Phi) is 3.41. The highest BCUT2D eigenvalue weighted by atomic mass is 16.5. The van der Waals surface area contributed by atoms with Crippen LogP contribution in [-0.4, -0.2) is 21.3 Å². The topological polar surface area (TPSA) is 84.3 Å². The van der Waals surface area contributed by atoms with Gasteiger partial charge in [0.1, 0.15) is 5.75 Å². The van der Waals surface area contributed by atoms with Crippen molar-refractivity contribution in [3.8, 4) is 17.3 Å². The van der Waals surface area contributed by atoms with Crippen LogP contribution in [0.1, 0.15) is 12.5 Å². The number of aromatic amines is 1. The molecule has 2 rings (SSSR count). The molecule has 1 aromatic heterocycles. The summed E-state index contributed by atoms with van der Waals surface area (Å²) in [5.41, 5.74) is -0.782. The number of aromatic nitrogens is 2. The molecule has 0 amide bonds. The molecule has 2 aromatic rings. The van der Waals surface area contributed by atoms with E-state index in [-0.39, 0.29) is 11.4 Å². The first kappa shape index (κ1) is 12.9. The van der Waals surface area contributed by atoms with Gasteiger partial charge in [-0.15, -0.1) is 0 Å². The fourth-order valence-electron chi connectivity index (χ4n) is 1.73. The lowest BCUT2D eigenvalue weighted by Gasteiger charge is -2.11. The van der Waals surface area contributed by atoms with Crippen molar-refractivity contribution in [3.63, 3.8) is 0 Å².